The Bertz CT molecular complexity index is 645. The van der Waals surface area contributed by atoms with Crippen LogP contribution in [-0.2, 0) is 13.0 Å². The fraction of sp³-hybridized carbons (Fsp3) is 0.600. The summed E-state index contributed by atoms with van der Waals surface area (Å²) in [4.78, 5) is 6.36. The second kappa shape index (κ2) is 6.59. The van der Waals surface area contributed by atoms with Gasteiger partial charge in [0.2, 0.25) is 11.8 Å². The van der Waals surface area contributed by atoms with Gasteiger partial charge >= 0.3 is 0 Å². The fourth-order valence-corrected chi connectivity index (χ4v) is 2.95. The molecule has 8 nitrogen and oxygen atoms in total. The van der Waals surface area contributed by atoms with Gasteiger partial charge in [-0.25, -0.2) is 0 Å². The molecule has 2 aromatic heterocycles. The third-order valence-corrected chi connectivity index (χ3v) is 3.97. The predicted molar refractivity (Wildman–Crippen MR) is 80.8 cm³/mol. The summed E-state index contributed by atoms with van der Waals surface area (Å²) < 4.78 is 10.1. The average molecular weight is 319 g/mol. The van der Waals surface area contributed by atoms with Crippen LogP contribution in [0.25, 0.3) is 0 Å². The number of β-amino-alcohol motifs (C(OH)–C–C–N with tert-alkyl or cyclic N) is 1. The summed E-state index contributed by atoms with van der Waals surface area (Å²) in [6.07, 6.45) is 2.01. The standard InChI is InChI=1S/C15H21N5O3/c1-11-16-14(23-19-11)8-15(21)6-3-7-20(10-15)9-12-4-5-13(22-2)18-17-12/h4-5,21H,3,6-10H2,1-2H3. The van der Waals surface area contributed by atoms with Gasteiger partial charge in [0, 0.05) is 19.2 Å². The van der Waals surface area contributed by atoms with Crippen molar-refractivity contribution in [3.05, 3.63) is 29.5 Å². The van der Waals surface area contributed by atoms with Crippen LogP contribution < -0.4 is 4.74 Å². The van der Waals surface area contributed by atoms with Gasteiger partial charge in [0.05, 0.1) is 24.8 Å². The van der Waals surface area contributed by atoms with Gasteiger partial charge in [-0.2, -0.15) is 10.1 Å². The van der Waals surface area contributed by atoms with Crippen molar-refractivity contribution in [1.29, 1.82) is 0 Å². The Balaban J connectivity index is 1.62. The van der Waals surface area contributed by atoms with Crippen molar-refractivity contribution in [3.63, 3.8) is 0 Å². The van der Waals surface area contributed by atoms with Crippen LogP contribution in [0.15, 0.2) is 16.7 Å². The second-order valence-corrected chi connectivity index (χ2v) is 6.02. The highest BCUT2D eigenvalue weighted by Crippen LogP contribution is 2.25. The maximum atomic E-state index is 10.8. The summed E-state index contributed by atoms with van der Waals surface area (Å²) >= 11 is 0. The van der Waals surface area contributed by atoms with E-state index in [4.69, 9.17) is 9.26 Å². The normalized spacial score (nSPS) is 22.2. The lowest BCUT2D eigenvalue weighted by Crippen LogP contribution is -2.49. The van der Waals surface area contributed by atoms with Crippen LogP contribution in [0.2, 0.25) is 0 Å². The maximum absolute atomic E-state index is 10.8. The first kappa shape index (κ1) is 15.8. The van der Waals surface area contributed by atoms with E-state index in [9.17, 15) is 5.11 Å². The Kier molecular flexibility index (Phi) is 4.53. The minimum absolute atomic E-state index is 0.374. The lowest BCUT2D eigenvalue weighted by Gasteiger charge is -2.38. The third-order valence-electron chi connectivity index (χ3n) is 3.97. The lowest BCUT2D eigenvalue weighted by atomic mass is 9.89. The monoisotopic (exact) mass is 319 g/mol. The molecule has 23 heavy (non-hydrogen) atoms. The first-order valence-electron chi connectivity index (χ1n) is 7.67. The number of likely N-dealkylation sites (tertiary alicyclic amines) is 1. The van der Waals surface area contributed by atoms with Crippen LogP contribution >= 0.6 is 0 Å². The molecule has 1 unspecified atom stereocenters. The number of aromatic nitrogens is 4. The fourth-order valence-electron chi connectivity index (χ4n) is 2.95. The van der Waals surface area contributed by atoms with E-state index in [0.29, 0.717) is 37.1 Å². The summed E-state index contributed by atoms with van der Waals surface area (Å²) in [5, 5.41) is 22.7. The number of aliphatic hydroxyl groups is 1. The molecule has 0 spiro atoms. The SMILES string of the molecule is COc1ccc(CN2CCCC(O)(Cc3nc(C)no3)C2)nn1. The first-order valence-corrected chi connectivity index (χ1v) is 7.67. The van der Waals surface area contributed by atoms with E-state index in [1.807, 2.05) is 6.07 Å². The molecule has 124 valence electrons. The summed E-state index contributed by atoms with van der Waals surface area (Å²) in [6.45, 7) is 3.87. The molecule has 1 fully saturated rings. The maximum Gasteiger partial charge on any atom is 0.233 e. The number of rotatable bonds is 5. The van der Waals surface area contributed by atoms with E-state index in [2.05, 4.69) is 25.2 Å². The van der Waals surface area contributed by atoms with Gasteiger partial charge in [0.1, 0.15) is 0 Å². The van der Waals surface area contributed by atoms with Crippen molar-refractivity contribution < 1.29 is 14.4 Å². The molecule has 0 aliphatic carbocycles. The Morgan fingerprint density at radius 3 is 2.91 bits per heavy atom. The van der Waals surface area contributed by atoms with Crippen LogP contribution in [0.5, 0.6) is 5.88 Å². The van der Waals surface area contributed by atoms with E-state index >= 15 is 0 Å². The summed E-state index contributed by atoms with van der Waals surface area (Å²) in [7, 11) is 1.56. The van der Waals surface area contributed by atoms with E-state index in [1.54, 1.807) is 20.1 Å². The lowest BCUT2D eigenvalue weighted by molar-refractivity contribution is -0.0377. The predicted octanol–water partition coefficient (Wildman–Crippen LogP) is 0.746. The molecule has 0 bridgehead atoms. The number of hydrogen-bond donors (Lipinski definition) is 1. The molecule has 1 aliphatic rings. The smallest absolute Gasteiger partial charge is 0.233 e. The molecule has 0 saturated carbocycles. The molecular weight excluding hydrogens is 298 g/mol. The zero-order chi connectivity index (χ0) is 16.3. The molecule has 0 amide bonds. The quantitative estimate of drug-likeness (QED) is 0.862. The number of hydrogen-bond acceptors (Lipinski definition) is 8. The van der Waals surface area contributed by atoms with Crippen LogP contribution in [0.4, 0.5) is 0 Å². The molecule has 2 aromatic rings. The van der Waals surface area contributed by atoms with Gasteiger partial charge in [-0.05, 0) is 32.4 Å². The second-order valence-electron chi connectivity index (χ2n) is 6.02. The summed E-state index contributed by atoms with van der Waals surface area (Å²) in [5.41, 5.74) is 0.000557. The van der Waals surface area contributed by atoms with Gasteiger partial charge < -0.3 is 14.4 Å². The Hall–Kier alpha value is -2.06. The topological polar surface area (TPSA) is 97.4 Å². The Labute approximate surface area is 134 Å². The summed E-state index contributed by atoms with van der Waals surface area (Å²) in [6, 6.07) is 3.68. The highest BCUT2D eigenvalue weighted by molar-refractivity contribution is 5.11. The van der Waals surface area contributed by atoms with Gasteiger partial charge in [0.15, 0.2) is 5.82 Å². The van der Waals surface area contributed by atoms with Crippen molar-refractivity contribution in [1.82, 2.24) is 25.2 Å². The van der Waals surface area contributed by atoms with Crippen LogP contribution in [0.3, 0.4) is 0 Å². The number of aryl methyl sites for hydroxylation is 1. The van der Waals surface area contributed by atoms with Crippen LogP contribution in [0.1, 0.15) is 30.3 Å². The Morgan fingerprint density at radius 2 is 2.26 bits per heavy atom. The highest BCUT2D eigenvalue weighted by atomic mass is 16.5. The van der Waals surface area contributed by atoms with E-state index in [0.717, 1.165) is 25.1 Å². The van der Waals surface area contributed by atoms with Crippen molar-refractivity contribution in [2.24, 2.45) is 0 Å². The highest BCUT2D eigenvalue weighted by Gasteiger charge is 2.35. The molecule has 1 saturated heterocycles. The molecule has 8 heteroatoms. The number of piperidine rings is 1. The molecular formula is C15H21N5O3. The van der Waals surface area contributed by atoms with Crippen LogP contribution in [-0.4, -0.2) is 56.1 Å². The van der Waals surface area contributed by atoms with Gasteiger partial charge in [0.25, 0.3) is 0 Å². The minimum Gasteiger partial charge on any atom is -0.480 e. The van der Waals surface area contributed by atoms with E-state index < -0.39 is 5.60 Å². The van der Waals surface area contributed by atoms with Gasteiger partial charge in [-0.3, -0.25) is 4.90 Å². The molecule has 0 aromatic carbocycles. The van der Waals surface area contributed by atoms with Crippen molar-refractivity contribution >= 4 is 0 Å². The molecule has 1 aliphatic heterocycles. The Morgan fingerprint density at radius 1 is 1.39 bits per heavy atom. The van der Waals surface area contributed by atoms with Crippen molar-refractivity contribution in [3.8, 4) is 5.88 Å². The van der Waals surface area contributed by atoms with Gasteiger partial charge in [-0.1, -0.05) is 5.16 Å². The molecule has 1 atom stereocenters. The van der Waals surface area contributed by atoms with Gasteiger partial charge in [-0.15, -0.1) is 5.10 Å². The van der Waals surface area contributed by atoms with E-state index in [-0.39, 0.29) is 0 Å². The van der Waals surface area contributed by atoms with Crippen molar-refractivity contribution in [2.75, 3.05) is 20.2 Å². The number of nitrogens with zero attached hydrogens (tertiary/aromatic N) is 5. The zero-order valence-corrected chi connectivity index (χ0v) is 13.4. The van der Waals surface area contributed by atoms with Crippen molar-refractivity contribution in [2.45, 2.75) is 38.3 Å². The summed E-state index contributed by atoms with van der Waals surface area (Å²) in [5.74, 6) is 1.57. The average Bonchev–Trinajstić information content (AvgIpc) is 2.92. The molecule has 3 rings (SSSR count). The molecule has 1 N–H and O–H groups in total. The minimum atomic E-state index is -0.850. The zero-order valence-electron chi connectivity index (χ0n) is 13.4. The molecule has 0 radical (unpaired) electrons. The number of methoxy groups -OCH3 is 1. The van der Waals surface area contributed by atoms with E-state index in [1.165, 1.54) is 0 Å². The van der Waals surface area contributed by atoms with Crippen LogP contribution in [0, 0.1) is 6.92 Å². The largest absolute Gasteiger partial charge is 0.480 e. The molecule has 3 heterocycles. The number of ether oxygens (including phenoxy) is 1. The first-order chi connectivity index (χ1) is 11.1. The third kappa shape index (κ3) is 4.02.